The fraction of sp³-hybridized carbons (Fsp3) is 0.636. The van der Waals surface area contributed by atoms with E-state index in [2.05, 4.69) is 16.1 Å². The molecule has 80 valence electrons. The standard InChI is InChI=1S/C11H15N3O/c1-9-6-11(13-15-9)8-14-4-2-10(7-12)3-5-14/h6,10H,2-5,8H2,1H3. The van der Waals surface area contributed by atoms with E-state index in [0.717, 1.165) is 43.9 Å². The topological polar surface area (TPSA) is 53.1 Å². The number of nitrogens with zero attached hydrogens (tertiary/aromatic N) is 3. The van der Waals surface area contributed by atoms with Gasteiger partial charge < -0.3 is 4.52 Å². The Morgan fingerprint density at radius 2 is 2.33 bits per heavy atom. The SMILES string of the molecule is Cc1cc(CN2CCC(C#N)CC2)no1. The second kappa shape index (κ2) is 4.45. The highest BCUT2D eigenvalue weighted by Crippen LogP contribution is 2.17. The summed E-state index contributed by atoms with van der Waals surface area (Å²) in [5.74, 6) is 1.11. The van der Waals surface area contributed by atoms with Crippen LogP contribution in [0.5, 0.6) is 0 Å². The summed E-state index contributed by atoms with van der Waals surface area (Å²) < 4.78 is 5.02. The molecule has 0 N–H and O–H groups in total. The van der Waals surface area contributed by atoms with Crippen molar-refractivity contribution in [3.63, 3.8) is 0 Å². The van der Waals surface area contributed by atoms with Crippen LogP contribution in [0.15, 0.2) is 10.6 Å². The molecule has 1 aliphatic heterocycles. The van der Waals surface area contributed by atoms with Gasteiger partial charge in [-0.1, -0.05) is 5.16 Å². The summed E-state index contributed by atoms with van der Waals surface area (Å²) in [6, 6.07) is 4.30. The number of hydrogen-bond acceptors (Lipinski definition) is 4. The molecule has 1 aromatic rings. The maximum atomic E-state index is 8.77. The maximum absolute atomic E-state index is 8.77. The van der Waals surface area contributed by atoms with Gasteiger partial charge in [-0.05, 0) is 32.9 Å². The molecule has 1 fully saturated rings. The van der Waals surface area contributed by atoms with Gasteiger partial charge in [0.05, 0.1) is 11.8 Å². The van der Waals surface area contributed by atoms with Gasteiger partial charge in [0.15, 0.2) is 0 Å². The third kappa shape index (κ3) is 2.57. The Hall–Kier alpha value is -1.34. The summed E-state index contributed by atoms with van der Waals surface area (Å²) >= 11 is 0. The van der Waals surface area contributed by atoms with Crippen LogP contribution in [0, 0.1) is 24.2 Å². The molecule has 1 aliphatic rings. The minimum Gasteiger partial charge on any atom is -0.361 e. The fourth-order valence-electron chi connectivity index (χ4n) is 1.94. The van der Waals surface area contributed by atoms with E-state index in [9.17, 15) is 0 Å². The molecule has 0 aromatic carbocycles. The third-order valence-electron chi connectivity index (χ3n) is 2.83. The molecule has 1 saturated heterocycles. The minimum atomic E-state index is 0.250. The number of aromatic nitrogens is 1. The number of nitriles is 1. The first-order valence-corrected chi connectivity index (χ1v) is 5.32. The number of rotatable bonds is 2. The van der Waals surface area contributed by atoms with Gasteiger partial charge in [0.25, 0.3) is 0 Å². The number of aryl methyl sites for hydroxylation is 1. The second-order valence-corrected chi connectivity index (χ2v) is 4.11. The summed E-state index contributed by atoms with van der Waals surface area (Å²) in [4.78, 5) is 2.32. The van der Waals surface area contributed by atoms with Crippen LogP contribution in [-0.2, 0) is 6.54 Å². The number of hydrogen-bond donors (Lipinski definition) is 0. The summed E-state index contributed by atoms with van der Waals surface area (Å²) in [7, 11) is 0. The molecule has 0 radical (unpaired) electrons. The fourth-order valence-corrected chi connectivity index (χ4v) is 1.94. The number of likely N-dealkylation sites (tertiary alicyclic amines) is 1. The molecule has 0 amide bonds. The Morgan fingerprint density at radius 1 is 1.60 bits per heavy atom. The first-order valence-electron chi connectivity index (χ1n) is 5.32. The predicted molar refractivity (Wildman–Crippen MR) is 54.9 cm³/mol. The van der Waals surface area contributed by atoms with Gasteiger partial charge in [-0.25, -0.2) is 0 Å². The van der Waals surface area contributed by atoms with Gasteiger partial charge in [-0.2, -0.15) is 5.26 Å². The Kier molecular flexibility index (Phi) is 3.02. The minimum absolute atomic E-state index is 0.250. The third-order valence-corrected chi connectivity index (χ3v) is 2.83. The van der Waals surface area contributed by atoms with Crippen LogP contribution < -0.4 is 0 Å². The van der Waals surface area contributed by atoms with Gasteiger partial charge in [-0.3, -0.25) is 4.90 Å². The zero-order valence-electron chi connectivity index (χ0n) is 8.94. The van der Waals surface area contributed by atoms with Gasteiger partial charge in [0.2, 0.25) is 0 Å². The summed E-state index contributed by atoms with van der Waals surface area (Å²) in [5, 5.41) is 12.7. The molecular formula is C11H15N3O. The van der Waals surface area contributed by atoms with Crippen molar-refractivity contribution in [2.45, 2.75) is 26.3 Å². The van der Waals surface area contributed by atoms with Crippen LogP contribution in [0.3, 0.4) is 0 Å². The quantitative estimate of drug-likeness (QED) is 0.737. The van der Waals surface area contributed by atoms with E-state index in [-0.39, 0.29) is 5.92 Å². The van der Waals surface area contributed by atoms with Crippen molar-refractivity contribution < 1.29 is 4.52 Å². The molecule has 2 heterocycles. The molecule has 0 atom stereocenters. The molecule has 2 rings (SSSR count). The summed E-state index contributed by atoms with van der Waals surface area (Å²) in [6.07, 6.45) is 1.96. The molecule has 0 aliphatic carbocycles. The molecule has 0 spiro atoms. The number of piperidine rings is 1. The first kappa shape index (κ1) is 10.2. The second-order valence-electron chi connectivity index (χ2n) is 4.11. The molecular weight excluding hydrogens is 190 g/mol. The van der Waals surface area contributed by atoms with Crippen molar-refractivity contribution in [2.75, 3.05) is 13.1 Å². The lowest BCUT2D eigenvalue weighted by Crippen LogP contribution is -2.32. The lowest BCUT2D eigenvalue weighted by atomic mass is 9.98. The van der Waals surface area contributed by atoms with Crippen LogP contribution in [0.25, 0.3) is 0 Å². The van der Waals surface area contributed by atoms with Crippen molar-refractivity contribution in [3.8, 4) is 6.07 Å². The monoisotopic (exact) mass is 205 g/mol. The molecule has 0 bridgehead atoms. The van der Waals surface area contributed by atoms with E-state index in [1.54, 1.807) is 0 Å². The Balaban J connectivity index is 1.85. The molecule has 4 nitrogen and oxygen atoms in total. The average Bonchev–Trinajstić information content (AvgIpc) is 2.65. The molecule has 0 unspecified atom stereocenters. The smallest absolute Gasteiger partial charge is 0.133 e. The van der Waals surface area contributed by atoms with Crippen LogP contribution in [0.2, 0.25) is 0 Å². The zero-order valence-corrected chi connectivity index (χ0v) is 8.94. The van der Waals surface area contributed by atoms with Crippen LogP contribution >= 0.6 is 0 Å². The van der Waals surface area contributed by atoms with E-state index in [0.29, 0.717) is 0 Å². The van der Waals surface area contributed by atoms with E-state index >= 15 is 0 Å². The largest absolute Gasteiger partial charge is 0.361 e. The van der Waals surface area contributed by atoms with E-state index in [1.165, 1.54) is 0 Å². The molecule has 0 saturated carbocycles. The van der Waals surface area contributed by atoms with Crippen molar-refractivity contribution in [2.24, 2.45) is 5.92 Å². The highest BCUT2D eigenvalue weighted by atomic mass is 16.5. The molecule has 1 aromatic heterocycles. The highest BCUT2D eigenvalue weighted by Gasteiger charge is 2.19. The Morgan fingerprint density at radius 3 is 2.87 bits per heavy atom. The lowest BCUT2D eigenvalue weighted by Gasteiger charge is -2.27. The maximum Gasteiger partial charge on any atom is 0.133 e. The van der Waals surface area contributed by atoms with E-state index in [4.69, 9.17) is 9.78 Å². The van der Waals surface area contributed by atoms with Gasteiger partial charge in [0, 0.05) is 18.5 Å². The zero-order chi connectivity index (χ0) is 10.7. The molecule has 4 heteroatoms. The average molecular weight is 205 g/mol. The van der Waals surface area contributed by atoms with Gasteiger partial charge in [0.1, 0.15) is 5.76 Å². The van der Waals surface area contributed by atoms with Gasteiger partial charge >= 0.3 is 0 Å². The van der Waals surface area contributed by atoms with Crippen molar-refractivity contribution in [1.29, 1.82) is 5.26 Å². The summed E-state index contributed by atoms with van der Waals surface area (Å²) in [5.41, 5.74) is 0.989. The van der Waals surface area contributed by atoms with Crippen molar-refractivity contribution in [3.05, 3.63) is 17.5 Å². The first-order chi connectivity index (χ1) is 7.28. The predicted octanol–water partition coefficient (Wildman–Crippen LogP) is 1.72. The van der Waals surface area contributed by atoms with E-state index in [1.807, 2.05) is 13.0 Å². The van der Waals surface area contributed by atoms with Crippen molar-refractivity contribution >= 4 is 0 Å². The summed E-state index contributed by atoms with van der Waals surface area (Å²) in [6.45, 7) is 4.72. The van der Waals surface area contributed by atoms with Crippen molar-refractivity contribution in [1.82, 2.24) is 10.1 Å². The van der Waals surface area contributed by atoms with E-state index < -0.39 is 0 Å². The van der Waals surface area contributed by atoms with Gasteiger partial charge in [-0.15, -0.1) is 0 Å². The normalized spacial score (nSPS) is 18.9. The van der Waals surface area contributed by atoms with Crippen LogP contribution in [-0.4, -0.2) is 23.1 Å². The Bertz CT molecular complexity index is 358. The molecule has 15 heavy (non-hydrogen) atoms. The highest BCUT2D eigenvalue weighted by molar-refractivity contribution is 5.03. The van der Waals surface area contributed by atoms with Crippen LogP contribution in [0.1, 0.15) is 24.3 Å². The Labute approximate surface area is 89.5 Å². The van der Waals surface area contributed by atoms with Crippen LogP contribution in [0.4, 0.5) is 0 Å². The lowest BCUT2D eigenvalue weighted by molar-refractivity contribution is 0.193.